The van der Waals surface area contributed by atoms with Crippen molar-refractivity contribution in [2.24, 2.45) is 0 Å². The molecule has 0 saturated carbocycles. The molecule has 0 bridgehead atoms. The van der Waals surface area contributed by atoms with E-state index in [2.05, 4.69) is 20.7 Å². The lowest BCUT2D eigenvalue weighted by Gasteiger charge is -2.12. The van der Waals surface area contributed by atoms with Gasteiger partial charge in [0.1, 0.15) is 5.82 Å². The number of amides is 2. The zero-order valence-electron chi connectivity index (χ0n) is 17.6. The molecule has 2 aromatic heterocycles. The summed E-state index contributed by atoms with van der Waals surface area (Å²) in [4.78, 5) is 28.7. The van der Waals surface area contributed by atoms with Gasteiger partial charge in [-0.05, 0) is 62.7 Å². The SMILES string of the molecule is Cc1cc(C)n(-c2ccc(CNC(=O)C(C)SCC(=O)Nc3ccc(F)cc3)cn2)n1. The minimum atomic E-state index is -0.402. The van der Waals surface area contributed by atoms with Gasteiger partial charge >= 0.3 is 0 Å². The number of benzene rings is 1. The van der Waals surface area contributed by atoms with Gasteiger partial charge < -0.3 is 10.6 Å². The second-order valence-electron chi connectivity index (χ2n) is 7.09. The van der Waals surface area contributed by atoms with Crippen LogP contribution in [0.4, 0.5) is 10.1 Å². The first-order chi connectivity index (χ1) is 14.8. The molecule has 9 heteroatoms. The van der Waals surface area contributed by atoms with Crippen LogP contribution in [-0.4, -0.2) is 37.6 Å². The summed E-state index contributed by atoms with van der Waals surface area (Å²) < 4.78 is 14.7. The lowest BCUT2D eigenvalue weighted by molar-refractivity contribution is -0.120. The molecule has 0 spiro atoms. The average Bonchev–Trinajstić information content (AvgIpc) is 3.10. The molecular formula is C22H24FN5O2S. The molecule has 0 radical (unpaired) electrons. The van der Waals surface area contributed by atoms with E-state index in [-0.39, 0.29) is 23.4 Å². The average molecular weight is 442 g/mol. The van der Waals surface area contributed by atoms with Gasteiger partial charge in [0.15, 0.2) is 5.82 Å². The number of hydrogen-bond donors (Lipinski definition) is 2. The van der Waals surface area contributed by atoms with E-state index in [1.807, 2.05) is 32.0 Å². The number of nitrogens with zero attached hydrogens (tertiary/aromatic N) is 3. The van der Waals surface area contributed by atoms with Gasteiger partial charge in [0, 0.05) is 24.1 Å². The van der Waals surface area contributed by atoms with Crippen LogP contribution in [0.25, 0.3) is 5.82 Å². The molecule has 3 rings (SSSR count). The summed E-state index contributed by atoms with van der Waals surface area (Å²) in [5, 5.41) is 9.53. The second-order valence-corrected chi connectivity index (χ2v) is 8.42. The van der Waals surface area contributed by atoms with Crippen LogP contribution in [0, 0.1) is 19.7 Å². The molecule has 2 N–H and O–H groups in total. The molecule has 0 saturated heterocycles. The van der Waals surface area contributed by atoms with Crippen molar-refractivity contribution in [3.63, 3.8) is 0 Å². The predicted molar refractivity (Wildman–Crippen MR) is 120 cm³/mol. The van der Waals surface area contributed by atoms with Crippen LogP contribution in [0.5, 0.6) is 0 Å². The van der Waals surface area contributed by atoms with Gasteiger partial charge in [-0.25, -0.2) is 14.1 Å². The van der Waals surface area contributed by atoms with Gasteiger partial charge in [-0.2, -0.15) is 5.10 Å². The fraction of sp³-hybridized carbons (Fsp3) is 0.273. The lowest BCUT2D eigenvalue weighted by Crippen LogP contribution is -2.31. The van der Waals surface area contributed by atoms with Crippen LogP contribution in [0.1, 0.15) is 23.9 Å². The summed E-state index contributed by atoms with van der Waals surface area (Å²) in [6, 6.07) is 11.3. The van der Waals surface area contributed by atoms with Crippen LogP contribution in [0.3, 0.4) is 0 Å². The number of thioether (sulfide) groups is 1. The third-order valence-electron chi connectivity index (χ3n) is 4.46. The molecule has 0 aliphatic carbocycles. The van der Waals surface area contributed by atoms with Gasteiger partial charge in [0.05, 0.1) is 16.7 Å². The molecule has 0 fully saturated rings. The molecule has 31 heavy (non-hydrogen) atoms. The Balaban J connectivity index is 1.43. The fourth-order valence-electron chi connectivity index (χ4n) is 2.85. The van der Waals surface area contributed by atoms with Gasteiger partial charge in [-0.1, -0.05) is 6.07 Å². The van der Waals surface area contributed by atoms with Gasteiger partial charge in [-0.3, -0.25) is 9.59 Å². The molecule has 2 amide bonds. The zero-order valence-corrected chi connectivity index (χ0v) is 18.4. The van der Waals surface area contributed by atoms with Crippen molar-refractivity contribution in [3.8, 4) is 5.82 Å². The Bertz CT molecular complexity index is 1050. The molecule has 7 nitrogen and oxygen atoms in total. The van der Waals surface area contributed by atoms with E-state index in [1.54, 1.807) is 17.8 Å². The number of aryl methyl sites for hydroxylation is 2. The highest BCUT2D eigenvalue weighted by Gasteiger charge is 2.15. The van der Waals surface area contributed by atoms with Gasteiger partial charge in [-0.15, -0.1) is 11.8 Å². The second kappa shape index (κ2) is 10.2. The number of nitrogens with one attached hydrogen (secondary N) is 2. The highest BCUT2D eigenvalue weighted by atomic mass is 32.2. The van der Waals surface area contributed by atoms with Crippen molar-refractivity contribution in [1.29, 1.82) is 0 Å². The zero-order chi connectivity index (χ0) is 22.4. The molecule has 2 heterocycles. The number of carbonyl (C=O) groups is 2. The van der Waals surface area contributed by atoms with E-state index < -0.39 is 5.25 Å². The third-order valence-corrected chi connectivity index (χ3v) is 5.61. The smallest absolute Gasteiger partial charge is 0.234 e. The maximum atomic E-state index is 12.9. The molecule has 0 aliphatic heterocycles. The first-order valence-corrected chi connectivity index (χ1v) is 10.8. The number of pyridine rings is 1. The topological polar surface area (TPSA) is 88.9 Å². The number of carbonyl (C=O) groups excluding carboxylic acids is 2. The van der Waals surface area contributed by atoms with Crippen LogP contribution >= 0.6 is 11.8 Å². The van der Waals surface area contributed by atoms with Crippen molar-refractivity contribution in [2.75, 3.05) is 11.1 Å². The summed E-state index contributed by atoms with van der Waals surface area (Å²) in [7, 11) is 0. The summed E-state index contributed by atoms with van der Waals surface area (Å²) in [5.41, 5.74) is 3.30. The Morgan fingerprint density at radius 1 is 1.16 bits per heavy atom. The summed E-state index contributed by atoms with van der Waals surface area (Å²) in [5.74, 6) is 0.0541. The molecule has 1 aromatic carbocycles. The largest absolute Gasteiger partial charge is 0.351 e. The van der Waals surface area contributed by atoms with E-state index in [1.165, 1.54) is 36.0 Å². The standard InChI is InChI=1S/C22H24FN5O2S/c1-14-10-15(2)28(27-14)20-9-4-17(11-24-20)12-25-22(30)16(3)31-13-21(29)26-19-7-5-18(23)6-8-19/h4-11,16H,12-13H2,1-3H3,(H,25,30)(H,26,29). The number of hydrogen-bond acceptors (Lipinski definition) is 5. The summed E-state index contributed by atoms with van der Waals surface area (Å²) in [6.45, 7) is 5.99. The summed E-state index contributed by atoms with van der Waals surface area (Å²) >= 11 is 1.23. The van der Waals surface area contributed by atoms with Crippen molar-refractivity contribution in [2.45, 2.75) is 32.6 Å². The van der Waals surface area contributed by atoms with Crippen molar-refractivity contribution in [1.82, 2.24) is 20.1 Å². The highest BCUT2D eigenvalue weighted by molar-refractivity contribution is 8.01. The highest BCUT2D eigenvalue weighted by Crippen LogP contribution is 2.14. The maximum Gasteiger partial charge on any atom is 0.234 e. The molecule has 0 aliphatic rings. The lowest BCUT2D eigenvalue weighted by atomic mass is 10.2. The Morgan fingerprint density at radius 3 is 2.52 bits per heavy atom. The molecule has 1 atom stereocenters. The van der Waals surface area contributed by atoms with Gasteiger partial charge in [0.25, 0.3) is 0 Å². The van der Waals surface area contributed by atoms with E-state index in [0.29, 0.717) is 12.2 Å². The van der Waals surface area contributed by atoms with Crippen molar-refractivity contribution < 1.29 is 14.0 Å². The number of rotatable bonds is 8. The first kappa shape index (κ1) is 22.5. The molecule has 1 unspecified atom stereocenters. The minimum absolute atomic E-state index is 0.116. The van der Waals surface area contributed by atoms with Crippen molar-refractivity contribution in [3.05, 3.63) is 71.4 Å². The third kappa shape index (κ3) is 6.39. The summed E-state index contributed by atoms with van der Waals surface area (Å²) in [6.07, 6.45) is 1.71. The van der Waals surface area contributed by atoms with E-state index in [9.17, 15) is 14.0 Å². The van der Waals surface area contributed by atoms with Crippen LogP contribution in [0.2, 0.25) is 0 Å². The Kier molecular flexibility index (Phi) is 7.41. The minimum Gasteiger partial charge on any atom is -0.351 e. The van der Waals surface area contributed by atoms with Crippen LogP contribution in [-0.2, 0) is 16.1 Å². The van der Waals surface area contributed by atoms with Gasteiger partial charge in [0.2, 0.25) is 11.8 Å². The fourth-order valence-corrected chi connectivity index (χ4v) is 3.56. The van der Waals surface area contributed by atoms with Crippen LogP contribution < -0.4 is 10.6 Å². The Hall–Kier alpha value is -3.20. The quantitative estimate of drug-likeness (QED) is 0.559. The Labute approximate surface area is 184 Å². The monoisotopic (exact) mass is 441 g/mol. The normalized spacial score (nSPS) is 11.7. The Morgan fingerprint density at radius 2 is 1.90 bits per heavy atom. The number of aromatic nitrogens is 3. The molecule has 3 aromatic rings. The maximum absolute atomic E-state index is 12.9. The predicted octanol–water partition coefficient (Wildman–Crippen LogP) is 3.40. The van der Waals surface area contributed by atoms with E-state index >= 15 is 0 Å². The first-order valence-electron chi connectivity index (χ1n) is 9.75. The van der Waals surface area contributed by atoms with Crippen LogP contribution in [0.15, 0.2) is 48.7 Å². The van der Waals surface area contributed by atoms with E-state index in [0.717, 1.165) is 22.8 Å². The number of anilines is 1. The molecular weight excluding hydrogens is 417 g/mol. The van der Waals surface area contributed by atoms with E-state index in [4.69, 9.17) is 0 Å². The van der Waals surface area contributed by atoms with Crippen molar-refractivity contribution >= 4 is 29.3 Å². The number of halogens is 1. The molecule has 162 valence electrons.